The van der Waals surface area contributed by atoms with Crippen LogP contribution >= 0.6 is 22.9 Å². The van der Waals surface area contributed by atoms with Crippen molar-refractivity contribution in [3.8, 4) is 0 Å². The van der Waals surface area contributed by atoms with Crippen LogP contribution in [0.15, 0.2) is 0 Å². The molecule has 0 N–H and O–H groups in total. The minimum Gasteiger partial charge on any atom is -0.318 e. The van der Waals surface area contributed by atoms with Crippen LogP contribution in [0.25, 0.3) is 0 Å². The van der Waals surface area contributed by atoms with E-state index in [2.05, 4.69) is 0 Å². The standard InChI is InChI=1S/C6H9F2IN2O/c7-5(8)4-10-2-1-3-11(9)6(10)12/h5H,1-4H2. The van der Waals surface area contributed by atoms with Crippen LogP contribution in [0.3, 0.4) is 0 Å². The fourth-order valence-electron chi connectivity index (χ4n) is 1.08. The molecule has 0 unspecified atom stereocenters. The third kappa shape index (κ3) is 2.43. The maximum atomic E-state index is 11.9. The molecule has 1 heterocycles. The topological polar surface area (TPSA) is 23.6 Å². The number of urea groups is 1. The molecule has 2 amide bonds. The van der Waals surface area contributed by atoms with Crippen LogP contribution in [0.2, 0.25) is 0 Å². The van der Waals surface area contributed by atoms with E-state index in [0.29, 0.717) is 13.1 Å². The number of alkyl halides is 2. The van der Waals surface area contributed by atoms with Crippen molar-refractivity contribution in [2.24, 2.45) is 0 Å². The van der Waals surface area contributed by atoms with Gasteiger partial charge in [0.25, 0.3) is 6.43 Å². The van der Waals surface area contributed by atoms with Gasteiger partial charge in [0.05, 0.1) is 29.4 Å². The predicted octanol–water partition coefficient (Wildman–Crippen LogP) is 1.73. The molecule has 3 nitrogen and oxygen atoms in total. The third-order valence-corrected chi connectivity index (χ3v) is 2.51. The first kappa shape index (κ1) is 9.94. The Labute approximate surface area is 83.2 Å². The third-order valence-electron chi connectivity index (χ3n) is 1.62. The molecule has 1 aliphatic heterocycles. The second-order valence-corrected chi connectivity index (χ2v) is 3.72. The summed E-state index contributed by atoms with van der Waals surface area (Å²) in [6.45, 7) is 0.653. The highest BCUT2D eigenvalue weighted by atomic mass is 127. The van der Waals surface area contributed by atoms with Crippen molar-refractivity contribution in [1.82, 2.24) is 8.01 Å². The highest BCUT2D eigenvalue weighted by Crippen LogP contribution is 2.14. The van der Waals surface area contributed by atoms with Crippen molar-refractivity contribution in [1.29, 1.82) is 0 Å². The average molecular weight is 290 g/mol. The molecule has 0 atom stereocenters. The second kappa shape index (κ2) is 4.20. The predicted molar refractivity (Wildman–Crippen MR) is 48.3 cm³/mol. The van der Waals surface area contributed by atoms with Crippen molar-refractivity contribution in [2.45, 2.75) is 12.8 Å². The lowest BCUT2D eigenvalue weighted by Gasteiger charge is -2.31. The van der Waals surface area contributed by atoms with Crippen molar-refractivity contribution < 1.29 is 13.6 Å². The second-order valence-electron chi connectivity index (χ2n) is 2.56. The number of rotatable bonds is 2. The van der Waals surface area contributed by atoms with Gasteiger partial charge < -0.3 is 4.90 Å². The lowest BCUT2D eigenvalue weighted by molar-refractivity contribution is 0.0865. The minimum atomic E-state index is -2.43. The van der Waals surface area contributed by atoms with Gasteiger partial charge in [-0.05, 0) is 6.42 Å². The molecule has 0 saturated carbocycles. The summed E-state index contributed by atoms with van der Waals surface area (Å²) >= 11 is 1.84. The summed E-state index contributed by atoms with van der Waals surface area (Å²) in [6, 6.07) is -0.304. The first-order chi connectivity index (χ1) is 5.61. The molecule has 1 fully saturated rings. The van der Waals surface area contributed by atoms with Crippen LogP contribution in [0, 0.1) is 0 Å². The Morgan fingerprint density at radius 2 is 2.17 bits per heavy atom. The summed E-state index contributed by atoms with van der Waals surface area (Å²) in [6.07, 6.45) is -1.67. The van der Waals surface area contributed by atoms with Gasteiger partial charge in [0.15, 0.2) is 0 Å². The molecule has 6 heteroatoms. The summed E-state index contributed by atoms with van der Waals surface area (Å²) in [5.74, 6) is 0. The van der Waals surface area contributed by atoms with E-state index in [0.717, 1.165) is 6.42 Å². The largest absolute Gasteiger partial charge is 0.328 e. The molecule has 0 aromatic heterocycles. The van der Waals surface area contributed by atoms with Crippen molar-refractivity contribution in [3.63, 3.8) is 0 Å². The summed E-state index contributed by atoms with van der Waals surface area (Å²) < 4.78 is 25.2. The Morgan fingerprint density at radius 1 is 1.50 bits per heavy atom. The van der Waals surface area contributed by atoms with Gasteiger partial charge in [0, 0.05) is 13.1 Å². The highest BCUT2D eigenvalue weighted by molar-refractivity contribution is 14.1. The van der Waals surface area contributed by atoms with Crippen LogP contribution in [0.1, 0.15) is 6.42 Å². The maximum absolute atomic E-state index is 11.9. The molecule has 0 spiro atoms. The van der Waals surface area contributed by atoms with Gasteiger partial charge in [0.1, 0.15) is 0 Å². The van der Waals surface area contributed by atoms with Crippen LogP contribution in [0.4, 0.5) is 13.6 Å². The maximum Gasteiger partial charge on any atom is 0.328 e. The zero-order valence-electron chi connectivity index (χ0n) is 6.34. The Balaban J connectivity index is 2.46. The number of carbonyl (C=O) groups is 1. The van der Waals surface area contributed by atoms with E-state index in [4.69, 9.17) is 0 Å². The molecule has 0 aromatic carbocycles. The van der Waals surface area contributed by atoms with E-state index < -0.39 is 13.0 Å². The quantitative estimate of drug-likeness (QED) is 0.561. The van der Waals surface area contributed by atoms with Gasteiger partial charge >= 0.3 is 6.03 Å². The van der Waals surface area contributed by atoms with Crippen molar-refractivity contribution in [2.75, 3.05) is 19.6 Å². The Hall–Kier alpha value is -0.140. The first-order valence-electron chi connectivity index (χ1n) is 3.61. The monoisotopic (exact) mass is 290 g/mol. The van der Waals surface area contributed by atoms with E-state index in [9.17, 15) is 13.6 Å². The summed E-state index contributed by atoms with van der Waals surface area (Å²) in [4.78, 5) is 12.4. The van der Waals surface area contributed by atoms with Crippen LogP contribution in [0.5, 0.6) is 0 Å². The lowest BCUT2D eigenvalue weighted by atomic mass is 10.3. The van der Waals surface area contributed by atoms with Crippen molar-refractivity contribution in [3.05, 3.63) is 0 Å². The van der Waals surface area contributed by atoms with E-state index in [1.807, 2.05) is 22.9 Å². The fraction of sp³-hybridized carbons (Fsp3) is 0.833. The van der Waals surface area contributed by atoms with Gasteiger partial charge in [-0.1, -0.05) is 0 Å². The Bertz CT molecular complexity index is 179. The number of hydrogen-bond donors (Lipinski definition) is 0. The van der Waals surface area contributed by atoms with E-state index in [-0.39, 0.29) is 6.03 Å². The zero-order valence-corrected chi connectivity index (χ0v) is 8.50. The molecule has 1 saturated heterocycles. The molecule has 1 aliphatic rings. The fourth-order valence-corrected chi connectivity index (χ4v) is 1.73. The number of halogens is 3. The smallest absolute Gasteiger partial charge is 0.318 e. The molecule has 0 bridgehead atoms. The molecule has 0 aromatic rings. The molecular formula is C6H9F2IN2O. The number of amides is 2. The van der Waals surface area contributed by atoms with Gasteiger partial charge in [-0.15, -0.1) is 0 Å². The molecule has 0 radical (unpaired) electrons. The van der Waals surface area contributed by atoms with E-state index in [1.54, 1.807) is 0 Å². The van der Waals surface area contributed by atoms with Gasteiger partial charge in [-0.25, -0.2) is 13.6 Å². The van der Waals surface area contributed by atoms with Crippen LogP contribution in [-0.2, 0) is 0 Å². The molecule has 12 heavy (non-hydrogen) atoms. The molecule has 70 valence electrons. The summed E-state index contributed by atoms with van der Waals surface area (Å²) in [5.41, 5.74) is 0. The Kier molecular flexibility index (Phi) is 3.48. The van der Waals surface area contributed by atoms with E-state index in [1.165, 1.54) is 8.01 Å². The zero-order chi connectivity index (χ0) is 9.14. The average Bonchev–Trinajstić information content (AvgIpc) is 1.98. The first-order valence-corrected chi connectivity index (χ1v) is 4.58. The highest BCUT2D eigenvalue weighted by Gasteiger charge is 2.25. The minimum absolute atomic E-state index is 0.304. The number of carbonyl (C=O) groups excluding carboxylic acids is 1. The summed E-state index contributed by atoms with van der Waals surface area (Å²) in [7, 11) is 0. The number of nitrogens with zero attached hydrogens (tertiary/aromatic N) is 2. The van der Waals surface area contributed by atoms with E-state index >= 15 is 0 Å². The van der Waals surface area contributed by atoms with Crippen LogP contribution in [-0.4, -0.2) is 40.1 Å². The molecule has 1 rings (SSSR count). The van der Waals surface area contributed by atoms with Crippen molar-refractivity contribution >= 4 is 28.9 Å². The Morgan fingerprint density at radius 3 is 2.75 bits per heavy atom. The SMILES string of the molecule is O=C1N(I)CCCN1CC(F)F. The summed E-state index contributed by atoms with van der Waals surface area (Å²) in [5, 5.41) is 0. The normalized spacial score (nSPS) is 19.2. The van der Waals surface area contributed by atoms with Crippen LogP contribution < -0.4 is 0 Å². The van der Waals surface area contributed by atoms with Gasteiger partial charge in [-0.2, -0.15) is 0 Å². The number of hydrogen-bond acceptors (Lipinski definition) is 1. The molecule has 0 aliphatic carbocycles. The van der Waals surface area contributed by atoms with Gasteiger partial charge in [-0.3, -0.25) is 3.11 Å². The van der Waals surface area contributed by atoms with Gasteiger partial charge in [0.2, 0.25) is 0 Å². The molecular weight excluding hydrogens is 281 g/mol. The lowest BCUT2D eigenvalue weighted by Crippen LogP contribution is -2.46.